The molecule has 1 aliphatic carbocycles. The predicted octanol–water partition coefficient (Wildman–Crippen LogP) is 3.41. The van der Waals surface area contributed by atoms with Gasteiger partial charge in [-0.15, -0.1) is 12.4 Å². The number of halogens is 7. The Morgan fingerprint density at radius 1 is 0.913 bits per heavy atom. The van der Waals surface area contributed by atoms with E-state index in [0.29, 0.717) is 30.6 Å². The zero-order valence-corrected chi connectivity index (χ0v) is 13.1. The monoisotopic (exact) mass is 368 g/mol. The first-order chi connectivity index (χ1) is 9.93. The first kappa shape index (κ1) is 20.3. The molecule has 1 saturated carbocycles. The molecule has 136 valence electrons. The van der Waals surface area contributed by atoms with E-state index in [9.17, 15) is 31.1 Å². The summed E-state index contributed by atoms with van der Waals surface area (Å²) in [5.41, 5.74) is 0.761. The van der Waals surface area contributed by atoms with Gasteiger partial charge in [0.15, 0.2) is 5.41 Å². The van der Waals surface area contributed by atoms with Crippen LogP contribution in [-0.4, -0.2) is 41.8 Å². The molecule has 0 aromatic heterocycles. The van der Waals surface area contributed by atoms with Crippen LogP contribution >= 0.6 is 12.4 Å². The van der Waals surface area contributed by atoms with Crippen molar-refractivity contribution in [1.29, 1.82) is 0 Å². The van der Waals surface area contributed by atoms with Crippen LogP contribution in [0.3, 0.4) is 0 Å². The molecule has 0 radical (unpaired) electrons. The highest BCUT2D eigenvalue weighted by atomic mass is 35.5. The maximum absolute atomic E-state index is 13.0. The maximum atomic E-state index is 13.0. The quantitative estimate of drug-likeness (QED) is 0.721. The molecule has 1 heterocycles. The summed E-state index contributed by atoms with van der Waals surface area (Å²) in [7, 11) is 0. The van der Waals surface area contributed by atoms with Crippen molar-refractivity contribution in [1.82, 2.24) is 4.90 Å². The third kappa shape index (κ3) is 3.40. The van der Waals surface area contributed by atoms with Crippen molar-refractivity contribution in [2.45, 2.75) is 56.4 Å². The lowest BCUT2D eigenvalue weighted by Crippen LogP contribution is -2.58. The van der Waals surface area contributed by atoms with Gasteiger partial charge in [0.25, 0.3) is 0 Å². The van der Waals surface area contributed by atoms with E-state index in [4.69, 9.17) is 5.73 Å². The lowest BCUT2D eigenvalue weighted by Gasteiger charge is -2.37. The SMILES string of the molecule is Cl.NC1(C(=O)N2CCC(C(F)(F)F)(C(F)(F)F)C2)CCCCC1. The second-order valence-electron chi connectivity index (χ2n) is 6.27. The first-order valence-electron chi connectivity index (χ1n) is 7.15. The van der Waals surface area contributed by atoms with Crippen LogP contribution in [0.15, 0.2) is 0 Å². The van der Waals surface area contributed by atoms with Gasteiger partial charge < -0.3 is 10.6 Å². The molecular formula is C13H19ClF6N2O. The summed E-state index contributed by atoms with van der Waals surface area (Å²) in [6.07, 6.45) is -9.30. The van der Waals surface area contributed by atoms with E-state index < -0.39 is 48.7 Å². The van der Waals surface area contributed by atoms with Crippen LogP contribution in [0.25, 0.3) is 0 Å². The molecule has 2 aliphatic rings. The van der Waals surface area contributed by atoms with Crippen LogP contribution in [-0.2, 0) is 4.79 Å². The van der Waals surface area contributed by atoms with E-state index in [-0.39, 0.29) is 12.4 Å². The Labute approximate surface area is 136 Å². The van der Waals surface area contributed by atoms with Crippen molar-refractivity contribution in [3.8, 4) is 0 Å². The molecule has 0 atom stereocenters. The number of alkyl halides is 6. The highest BCUT2D eigenvalue weighted by molar-refractivity contribution is 5.86. The number of nitrogens with two attached hydrogens (primary N) is 1. The average molecular weight is 369 g/mol. The minimum atomic E-state index is -5.45. The third-order valence-corrected chi connectivity index (χ3v) is 4.81. The van der Waals surface area contributed by atoms with Crippen LogP contribution in [0.2, 0.25) is 0 Å². The Balaban J connectivity index is 0.00000264. The van der Waals surface area contributed by atoms with E-state index in [1.807, 2.05) is 0 Å². The molecular weight excluding hydrogens is 350 g/mol. The number of amides is 1. The Kier molecular flexibility index (Phi) is 5.58. The number of likely N-dealkylation sites (tertiary alicyclic amines) is 1. The lowest BCUT2D eigenvalue weighted by molar-refractivity contribution is -0.335. The van der Waals surface area contributed by atoms with Gasteiger partial charge in [-0.05, 0) is 19.3 Å². The Morgan fingerprint density at radius 2 is 1.39 bits per heavy atom. The van der Waals surface area contributed by atoms with Crippen molar-refractivity contribution in [2.75, 3.05) is 13.1 Å². The normalized spacial score (nSPS) is 24.2. The van der Waals surface area contributed by atoms with Crippen LogP contribution < -0.4 is 5.73 Å². The number of carbonyl (C=O) groups excluding carboxylic acids is 1. The van der Waals surface area contributed by atoms with Crippen LogP contribution in [0, 0.1) is 5.41 Å². The topological polar surface area (TPSA) is 46.3 Å². The molecule has 23 heavy (non-hydrogen) atoms. The van der Waals surface area contributed by atoms with Gasteiger partial charge in [0.2, 0.25) is 5.91 Å². The van der Waals surface area contributed by atoms with E-state index >= 15 is 0 Å². The van der Waals surface area contributed by atoms with E-state index in [1.54, 1.807) is 0 Å². The van der Waals surface area contributed by atoms with Crippen LogP contribution in [0.1, 0.15) is 38.5 Å². The third-order valence-electron chi connectivity index (χ3n) is 4.81. The standard InChI is InChI=1S/C13H18F6N2O.ClH/c14-12(15,16)11(13(17,18)19)6-7-21(8-11)9(22)10(20)4-2-1-3-5-10;/h1-8,20H2;1H. The van der Waals surface area contributed by atoms with Gasteiger partial charge >= 0.3 is 12.4 Å². The van der Waals surface area contributed by atoms with Crippen molar-refractivity contribution < 1.29 is 31.1 Å². The van der Waals surface area contributed by atoms with Gasteiger partial charge in [-0.1, -0.05) is 19.3 Å². The minimum Gasteiger partial charge on any atom is -0.340 e. The fourth-order valence-corrected chi connectivity index (χ4v) is 3.32. The molecule has 0 bridgehead atoms. The summed E-state index contributed by atoms with van der Waals surface area (Å²) < 4.78 is 78.0. The predicted molar refractivity (Wildman–Crippen MR) is 73.0 cm³/mol. The lowest BCUT2D eigenvalue weighted by atomic mass is 9.81. The van der Waals surface area contributed by atoms with Gasteiger partial charge in [-0.3, -0.25) is 4.79 Å². The van der Waals surface area contributed by atoms with Crippen LogP contribution in [0.4, 0.5) is 26.3 Å². The molecule has 2 N–H and O–H groups in total. The second kappa shape index (κ2) is 6.31. The fraction of sp³-hybridized carbons (Fsp3) is 0.923. The van der Waals surface area contributed by atoms with Gasteiger partial charge in [0, 0.05) is 13.1 Å². The molecule has 0 spiro atoms. The van der Waals surface area contributed by atoms with Gasteiger partial charge in [0.1, 0.15) is 0 Å². The van der Waals surface area contributed by atoms with E-state index in [0.717, 1.165) is 6.42 Å². The second-order valence-corrected chi connectivity index (χ2v) is 6.27. The molecule has 0 aromatic rings. The smallest absolute Gasteiger partial charge is 0.340 e. The molecule has 1 saturated heterocycles. The Hall–Kier alpha value is -0.700. The molecule has 0 unspecified atom stereocenters. The molecule has 10 heteroatoms. The molecule has 2 rings (SSSR count). The summed E-state index contributed by atoms with van der Waals surface area (Å²) in [5.74, 6) is -0.789. The number of hydrogen-bond donors (Lipinski definition) is 1. The van der Waals surface area contributed by atoms with Crippen molar-refractivity contribution >= 4 is 18.3 Å². The number of nitrogens with zero attached hydrogens (tertiary/aromatic N) is 1. The van der Waals surface area contributed by atoms with Crippen molar-refractivity contribution in [3.63, 3.8) is 0 Å². The highest BCUT2D eigenvalue weighted by Crippen LogP contribution is 2.55. The molecule has 2 fully saturated rings. The van der Waals surface area contributed by atoms with Crippen LogP contribution in [0.5, 0.6) is 0 Å². The minimum absolute atomic E-state index is 0. The molecule has 1 aliphatic heterocycles. The van der Waals surface area contributed by atoms with E-state index in [1.165, 1.54) is 0 Å². The zero-order valence-electron chi connectivity index (χ0n) is 12.3. The number of rotatable bonds is 1. The summed E-state index contributed by atoms with van der Waals surface area (Å²) >= 11 is 0. The summed E-state index contributed by atoms with van der Waals surface area (Å²) in [5, 5.41) is 0. The molecule has 1 amide bonds. The largest absolute Gasteiger partial charge is 0.404 e. The van der Waals surface area contributed by atoms with Crippen molar-refractivity contribution in [2.24, 2.45) is 11.1 Å². The zero-order chi connectivity index (χ0) is 16.8. The average Bonchev–Trinajstić information content (AvgIpc) is 2.84. The van der Waals surface area contributed by atoms with E-state index in [2.05, 4.69) is 0 Å². The Morgan fingerprint density at radius 3 is 1.78 bits per heavy atom. The number of carbonyl (C=O) groups is 1. The fourth-order valence-electron chi connectivity index (χ4n) is 3.32. The van der Waals surface area contributed by atoms with Gasteiger partial charge in [-0.2, -0.15) is 26.3 Å². The van der Waals surface area contributed by atoms with Gasteiger partial charge in [0.05, 0.1) is 5.54 Å². The molecule has 0 aromatic carbocycles. The Bertz CT molecular complexity index is 431. The molecule has 3 nitrogen and oxygen atoms in total. The first-order valence-corrected chi connectivity index (χ1v) is 7.15. The number of hydrogen-bond acceptors (Lipinski definition) is 2. The highest BCUT2D eigenvalue weighted by Gasteiger charge is 2.73. The van der Waals surface area contributed by atoms with Gasteiger partial charge in [-0.25, -0.2) is 0 Å². The summed E-state index contributed by atoms with van der Waals surface area (Å²) in [6.45, 7) is -1.96. The van der Waals surface area contributed by atoms with Crippen molar-refractivity contribution in [3.05, 3.63) is 0 Å². The maximum Gasteiger partial charge on any atom is 0.404 e. The summed E-state index contributed by atoms with van der Waals surface area (Å²) in [4.78, 5) is 13.0. The summed E-state index contributed by atoms with van der Waals surface area (Å²) in [6, 6.07) is 0.